The fraction of sp³-hybridized carbons (Fsp3) is 0.143. The van der Waals surface area contributed by atoms with Crippen molar-refractivity contribution in [3.8, 4) is 11.3 Å². The Hall–Kier alpha value is -3.03. The van der Waals surface area contributed by atoms with Crippen molar-refractivity contribution in [2.45, 2.75) is 19.8 Å². The second kappa shape index (κ2) is 9.45. The number of rotatable bonds is 7. The fourth-order valence-electron chi connectivity index (χ4n) is 2.58. The van der Waals surface area contributed by atoms with Crippen molar-refractivity contribution < 1.29 is 14.4 Å². The number of halogens is 1. The molecule has 1 aromatic heterocycles. The van der Waals surface area contributed by atoms with E-state index in [4.69, 9.17) is 11.6 Å². The molecule has 0 fully saturated rings. The van der Waals surface area contributed by atoms with Crippen LogP contribution in [0.2, 0.25) is 5.02 Å². The van der Waals surface area contributed by atoms with E-state index in [9.17, 15) is 14.4 Å². The molecule has 0 aliphatic rings. The Morgan fingerprint density at radius 2 is 1.66 bits per heavy atom. The van der Waals surface area contributed by atoms with Crippen LogP contribution < -0.4 is 10.6 Å². The first-order valence-corrected chi connectivity index (χ1v) is 10.1. The molecule has 0 aliphatic carbocycles. The van der Waals surface area contributed by atoms with E-state index >= 15 is 0 Å². The predicted molar refractivity (Wildman–Crippen MR) is 115 cm³/mol. The first kappa shape index (κ1) is 20.7. The van der Waals surface area contributed by atoms with Crippen LogP contribution in [0.1, 0.15) is 30.1 Å². The lowest BCUT2D eigenvalue weighted by molar-refractivity contribution is -0.116. The summed E-state index contributed by atoms with van der Waals surface area (Å²) in [6.45, 7) is 1.45. The van der Waals surface area contributed by atoms with Gasteiger partial charge in [0.1, 0.15) is 0 Å². The van der Waals surface area contributed by atoms with Gasteiger partial charge in [0.05, 0.1) is 5.69 Å². The van der Waals surface area contributed by atoms with Gasteiger partial charge in [-0.05, 0) is 36.4 Å². The second-order valence-corrected chi connectivity index (χ2v) is 7.57. The number of Topliss-reactive ketones (excluding diaryl/α,β-unsaturated/α-hetero) is 1. The van der Waals surface area contributed by atoms with Gasteiger partial charge in [0.25, 0.3) is 0 Å². The minimum Gasteiger partial charge on any atom is -0.326 e. The van der Waals surface area contributed by atoms with Crippen molar-refractivity contribution in [3.63, 3.8) is 0 Å². The van der Waals surface area contributed by atoms with E-state index in [1.165, 1.54) is 18.3 Å². The lowest BCUT2D eigenvalue weighted by Crippen LogP contribution is -2.13. The third-order valence-electron chi connectivity index (χ3n) is 4.00. The van der Waals surface area contributed by atoms with Gasteiger partial charge < -0.3 is 10.6 Å². The van der Waals surface area contributed by atoms with Gasteiger partial charge in [0.2, 0.25) is 11.8 Å². The summed E-state index contributed by atoms with van der Waals surface area (Å²) in [6.07, 6.45) is 0.179. The van der Waals surface area contributed by atoms with Crippen molar-refractivity contribution in [1.29, 1.82) is 0 Å². The molecule has 0 radical (unpaired) electrons. The molecule has 0 spiro atoms. The molecule has 1 heterocycles. The van der Waals surface area contributed by atoms with E-state index in [2.05, 4.69) is 15.6 Å². The monoisotopic (exact) mass is 427 g/mol. The topological polar surface area (TPSA) is 88.2 Å². The lowest BCUT2D eigenvalue weighted by Gasteiger charge is -2.03. The summed E-state index contributed by atoms with van der Waals surface area (Å²) in [6, 6.07) is 13.9. The summed E-state index contributed by atoms with van der Waals surface area (Å²) in [5.74, 6) is -0.518. The van der Waals surface area contributed by atoms with Crippen molar-refractivity contribution in [2.75, 3.05) is 10.6 Å². The van der Waals surface area contributed by atoms with Gasteiger partial charge in [-0.15, -0.1) is 11.3 Å². The Kier molecular flexibility index (Phi) is 6.74. The summed E-state index contributed by atoms with van der Waals surface area (Å²) in [7, 11) is 0. The molecule has 29 heavy (non-hydrogen) atoms. The Morgan fingerprint density at radius 3 is 2.31 bits per heavy atom. The van der Waals surface area contributed by atoms with Gasteiger partial charge in [-0.25, -0.2) is 4.98 Å². The van der Waals surface area contributed by atoms with Crippen LogP contribution in [0, 0.1) is 0 Å². The highest BCUT2D eigenvalue weighted by Gasteiger charge is 2.12. The molecule has 2 N–H and O–H groups in total. The number of benzene rings is 2. The molecule has 0 saturated carbocycles. The number of thiazole rings is 1. The van der Waals surface area contributed by atoms with Gasteiger partial charge in [-0.2, -0.15) is 0 Å². The number of carbonyl (C=O) groups excluding carboxylic acids is 3. The van der Waals surface area contributed by atoms with Crippen LogP contribution >= 0.6 is 22.9 Å². The summed E-state index contributed by atoms with van der Waals surface area (Å²) in [5.41, 5.74) is 2.82. The average Bonchev–Trinajstić information content (AvgIpc) is 3.15. The van der Waals surface area contributed by atoms with E-state index in [-0.39, 0.29) is 30.4 Å². The molecule has 3 rings (SSSR count). The third kappa shape index (κ3) is 5.97. The Morgan fingerprint density at radius 1 is 0.966 bits per heavy atom. The maximum Gasteiger partial charge on any atom is 0.226 e. The number of nitrogens with one attached hydrogen (secondary N) is 2. The molecule has 0 unspecified atom stereocenters. The normalized spacial score (nSPS) is 10.4. The number of aromatic nitrogens is 1. The Bertz CT molecular complexity index is 1030. The highest BCUT2D eigenvalue weighted by atomic mass is 35.5. The van der Waals surface area contributed by atoms with Crippen LogP contribution in [0.4, 0.5) is 10.8 Å². The molecule has 0 bridgehead atoms. The molecular formula is C21H18ClN3O3S. The summed E-state index contributed by atoms with van der Waals surface area (Å²) < 4.78 is 0. The molecule has 0 saturated heterocycles. The quantitative estimate of drug-likeness (QED) is 0.518. The zero-order chi connectivity index (χ0) is 20.8. The number of hydrogen-bond acceptors (Lipinski definition) is 5. The second-order valence-electron chi connectivity index (χ2n) is 6.27. The molecule has 2 amide bonds. The van der Waals surface area contributed by atoms with E-state index < -0.39 is 0 Å². The van der Waals surface area contributed by atoms with Crippen molar-refractivity contribution in [1.82, 2.24) is 4.98 Å². The first-order chi connectivity index (χ1) is 13.9. The van der Waals surface area contributed by atoms with Crippen molar-refractivity contribution >= 4 is 51.4 Å². The van der Waals surface area contributed by atoms with Crippen LogP contribution in [0.5, 0.6) is 0 Å². The molecular weight excluding hydrogens is 410 g/mol. The molecule has 0 atom stereocenters. The fourth-order valence-corrected chi connectivity index (χ4v) is 3.44. The number of ketones is 1. The Labute approximate surface area is 176 Å². The third-order valence-corrected chi connectivity index (χ3v) is 5.01. The highest BCUT2D eigenvalue weighted by Crippen LogP contribution is 2.26. The van der Waals surface area contributed by atoms with E-state index in [0.29, 0.717) is 21.4 Å². The van der Waals surface area contributed by atoms with Gasteiger partial charge in [-0.3, -0.25) is 14.4 Å². The summed E-state index contributed by atoms with van der Waals surface area (Å²) in [5, 5.41) is 8.29. The van der Waals surface area contributed by atoms with Gasteiger partial charge >= 0.3 is 0 Å². The highest BCUT2D eigenvalue weighted by molar-refractivity contribution is 7.14. The minimum atomic E-state index is -0.269. The summed E-state index contributed by atoms with van der Waals surface area (Å²) >= 11 is 7.12. The van der Waals surface area contributed by atoms with Crippen LogP contribution in [0.15, 0.2) is 53.9 Å². The SMILES string of the molecule is CC(=O)Nc1ccc(-c2csc(NC(=O)CCC(=O)c3ccc(Cl)cc3)n2)cc1. The standard InChI is InChI=1S/C21H18ClN3O3S/c1-13(26)23-17-8-4-14(5-9-17)18-12-29-21(24-18)25-20(28)11-10-19(27)15-2-6-16(22)7-3-15/h2-9,12H,10-11H2,1H3,(H,23,26)(H,24,25,28). The number of nitrogens with zero attached hydrogens (tertiary/aromatic N) is 1. The number of carbonyl (C=O) groups is 3. The van der Waals surface area contributed by atoms with Gasteiger partial charge in [0, 0.05) is 47.0 Å². The molecule has 0 aliphatic heterocycles. The molecule has 148 valence electrons. The largest absolute Gasteiger partial charge is 0.326 e. The van der Waals surface area contributed by atoms with E-state index in [0.717, 1.165) is 11.3 Å². The zero-order valence-corrected chi connectivity index (χ0v) is 17.1. The van der Waals surface area contributed by atoms with Gasteiger partial charge in [-0.1, -0.05) is 23.7 Å². The number of anilines is 2. The van der Waals surface area contributed by atoms with E-state index in [1.807, 2.05) is 17.5 Å². The van der Waals surface area contributed by atoms with Crippen molar-refractivity contribution in [3.05, 3.63) is 64.5 Å². The zero-order valence-electron chi connectivity index (χ0n) is 15.6. The first-order valence-electron chi connectivity index (χ1n) is 8.83. The smallest absolute Gasteiger partial charge is 0.226 e. The maximum atomic E-state index is 12.1. The molecule has 8 heteroatoms. The van der Waals surface area contributed by atoms with Crippen LogP contribution in [0.25, 0.3) is 11.3 Å². The van der Waals surface area contributed by atoms with Crippen molar-refractivity contribution in [2.24, 2.45) is 0 Å². The molecule has 3 aromatic rings. The lowest BCUT2D eigenvalue weighted by atomic mass is 10.1. The molecule has 6 nitrogen and oxygen atoms in total. The predicted octanol–water partition coefficient (Wildman–Crippen LogP) is 5.02. The van der Waals surface area contributed by atoms with Crippen LogP contribution in [0.3, 0.4) is 0 Å². The summed E-state index contributed by atoms with van der Waals surface area (Å²) in [4.78, 5) is 39.8. The molecule has 2 aromatic carbocycles. The Balaban J connectivity index is 1.54. The number of amides is 2. The van der Waals surface area contributed by atoms with Crippen LogP contribution in [-0.2, 0) is 9.59 Å². The minimum absolute atomic E-state index is 0.0712. The van der Waals surface area contributed by atoms with Crippen LogP contribution in [-0.4, -0.2) is 22.6 Å². The van der Waals surface area contributed by atoms with Gasteiger partial charge in [0.15, 0.2) is 10.9 Å². The average molecular weight is 428 g/mol. The maximum absolute atomic E-state index is 12.1. The number of hydrogen-bond donors (Lipinski definition) is 2. The van der Waals surface area contributed by atoms with E-state index in [1.54, 1.807) is 36.4 Å².